The van der Waals surface area contributed by atoms with E-state index in [0.717, 1.165) is 17.4 Å². The van der Waals surface area contributed by atoms with Gasteiger partial charge in [-0.1, -0.05) is 11.3 Å². The number of amides is 1. The van der Waals surface area contributed by atoms with Gasteiger partial charge in [-0.15, -0.1) is 0 Å². The van der Waals surface area contributed by atoms with Crippen LogP contribution in [0, 0.1) is 11.6 Å². The summed E-state index contributed by atoms with van der Waals surface area (Å²) in [5, 5.41) is 0. The van der Waals surface area contributed by atoms with Gasteiger partial charge in [0.2, 0.25) is 0 Å². The lowest BCUT2D eigenvalue weighted by Crippen LogP contribution is -2.14. The minimum absolute atomic E-state index is 0.0409. The summed E-state index contributed by atoms with van der Waals surface area (Å²) < 4.78 is 34.6. The van der Waals surface area contributed by atoms with Gasteiger partial charge in [0.25, 0.3) is 5.91 Å². The third-order valence-corrected chi connectivity index (χ3v) is 4.57. The fraction of sp³-hybridized carbons (Fsp3) is 0.222. The van der Waals surface area contributed by atoms with Crippen molar-refractivity contribution in [3.05, 3.63) is 58.4 Å². The molecule has 1 aromatic heterocycles. The van der Waals surface area contributed by atoms with Gasteiger partial charge >= 0.3 is 0 Å². The summed E-state index contributed by atoms with van der Waals surface area (Å²) >= 11 is 1.06. The molecule has 0 unspecified atom stereocenters. The first kappa shape index (κ1) is 17.3. The number of rotatable bonds is 3. The Morgan fingerprint density at radius 3 is 2.52 bits per heavy atom. The summed E-state index contributed by atoms with van der Waals surface area (Å²) in [6.07, 6.45) is 0.0409. The third-order valence-electron chi connectivity index (χ3n) is 3.49. The molecular weight excluding hydrogens is 346 g/mol. The van der Waals surface area contributed by atoms with E-state index in [0.29, 0.717) is 20.8 Å². The number of ether oxygens (including phenoxy) is 1. The monoisotopic (exact) mass is 362 g/mol. The van der Waals surface area contributed by atoms with Crippen molar-refractivity contribution in [1.29, 1.82) is 0 Å². The van der Waals surface area contributed by atoms with Crippen LogP contribution in [0.3, 0.4) is 0 Å². The van der Waals surface area contributed by atoms with E-state index in [1.165, 1.54) is 10.6 Å². The number of hydrogen-bond acceptors (Lipinski definition) is 3. The van der Waals surface area contributed by atoms with Crippen LogP contribution in [0.1, 0.15) is 24.2 Å². The van der Waals surface area contributed by atoms with E-state index in [2.05, 4.69) is 4.99 Å². The Morgan fingerprint density at radius 1 is 1.20 bits per heavy atom. The van der Waals surface area contributed by atoms with Crippen molar-refractivity contribution in [2.75, 3.05) is 0 Å². The van der Waals surface area contributed by atoms with Gasteiger partial charge in [0, 0.05) is 18.7 Å². The summed E-state index contributed by atoms with van der Waals surface area (Å²) in [7, 11) is 1.59. The molecule has 0 saturated carbocycles. The Labute approximate surface area is 147 Å². The summed E-state index contributed by atoms with van der Waals surface area (Å²) in [6, 6.07) is 8.68. The zero-order valence-corrected chi connectivity index (χ0v) is 14.7. The second kappa shape index (κ2) is 6.76. The van der Waals surface area contributed by atoms with Crippen molar-refractivity contribution in [2.24, 2.45) is 12.0 Å². The topological polar surface area (TPSA) is 43.6 Å². The number of fused-ring (bicyclic) bond motifs is 1. The SMILES string of the molecule is CC(C)Oc1ccc(C(=O)N=c2sc3cc(F)cc(F)c3n2C)cc1. The number of nitrogens with zero attached hydrogens (tertiary/aromatic N) is 2. The molecule has 0 fully saturated rings. The van der Waals surface area contributed by atoms with E-state index in [4.69, 9.17) is 4.74 Å². The third kappa shape index (κ3) is 3.61. The molecule has 1 amide bonds. The smallest absolute Gasteiger partial charge is 0.279 e. The van der Waals surface area contributed by atoms with Gasteiger partial charge < -0.3 is 9.30 Å². The molecular formula is C18H16F2N2O2S. The minimum Gasteiger partial charge on any atom is -0.491 e. The number of carbonyl (C=O) groups is 1. The van der Waals surface area contributed by atoms with Gasteiger partial charge in [0.15, 0.2) is 10.6 Å². The van der Waals surface area contributed by atoms with Crippen molar-refractivity contribution < 1.29 is 18.3 Å². The quantitative estimate of drug-likeness (QED) is 0.706. The molecule has 0 aliphatic carbocycles. The lowest BCUT2D eigenvalue weighted by Gasteiger charge is -2.09. The zero-order valence-electron chi connectivity index (χ0n) is 13.9. The number of halogens is 2. The maximum atomic E-state index is 13.9. The molecule has 7 heteroatoms. The van der Waals surface area contributed by atoms with Crippen LogP contribution in [-0.4, -0.2) is 16.6 Å². The Balaban J connectivity index is 1.97. The van der Waals surface area contributed by atoms with Crippen LogP contribution in [0.5, 0.6) is 5.75 Å². The molecule has 0 N–H and O–H groups in total. The van der Waals surface area contributed by atoms with Gasteiger partial charge in [0.05, 0.1) is 16.3 Å². The summed E-state index contributed by atoms with van der Waals surface area (Å²) in [6.45, 7) is 3.83. The first-order valence-electron chi connectivity index (χ1n) is 7.65. The number of aromatic nitrogens is 1. The maximum Gasteiger partial charge on any atom is 0.279 e. The molecule has 2 aromatic carbocycles. The average Bonchev–Trinajstić information content (AvgIpc) is 2.83. The Hall–Kier alpha value is -2.54. The van der Waals surface area contributed by atoms with Gasteiger partial charge in [-0.2, -0.15) is 4.99 Å². The molecule has 3 aromatic rings. The average molecular weight is 362 g/mol. The number of carbonyl (C=O) groups excluding carboxylic acids is 1. The van der Waals surface area contributed by atoms with Gasteiger partial charge in [0.1, 0.15) is 11.6 Å². The van der Waals surface area contributed by atoms with E-state index < -0.39 is 17.5 Å². The fourth-order valence-corrected chi connectivity index (χ4v) is 3.46. The predicted molar refractivity (Wildman–Crippen MR) is 92.8 cm³/mol. The molecule has 4 nitrogen and oxygen atoms in total. The van der Waals surface area contributed by atoms with E-state index >= 15 is 0 Å². The van der Waals surface area contributed by atoms with Crippen LogP contribution in [0.15, 0.2) is 41.4 Å². The second-order valence-electron chi connectivity index (χ2n) is 5.79. The number of benzene rings is 2. The number of hydrogen-bond donors (Lipinski definition) is 0. The van der Waals surface area contributed by atoms with Crippen LogP contribution in [0.25, 0.3) is 10.2 Å². The van der Waals surface area contributed by atoms with Crippen molar-refractivity contribution in [3.63, 3.8) is 0 Å². The Kier molecular flexibility index (Phi) is 4.67. The molecule has 0 aliphatic heterocycles. The highest BCUT2D eigenvalue weighted by Crippen LogP contribution is 2.21. The lowest BCUT2D eigenvalue weighted by atomic mass is 10.2. The second-order valence-corrected chi connectivity index (χ2v) is 6.80. The molecule has 130 valence electrons. The van der Waals surface area contributed by atoms with Crippen molar-refractivity contribution >= 4 is 27.5 Å². The molecule has 0 spiro atoms. The highest BCUT2D eigenvalue weighted by atomic mass is 32.1. The highest BCUT2D eigenvalue weighted by molar-refractivity contribution is 7.16. The molecule has 25 heavy (non-hydrogen) atoms. The molecule has 0 bridgehead atoms. The normalized spacial score (nSPS) is 12.2. The first-order valence-corrected chi connectivity index (χ1v) is 8.47. The van der Waals surface area contributed by atoms with E-state index in [1.807, 2.05) is 13.8 Å². The summed E-state index contributed by atoms with van der Waals surface area (Å²) in [5.41, 5.74) is 0.610. The van der Waals surface area contributed by atoms with E-state index in [1.54, 1.807) is 31.3 Å². The van der Waals surface area contributed by atoms with E-state index in [9.17, 15) is 13.6 Å². The molecule has 3 rings (SSSR count). The number of aryl methyl sites for hydroxylation is 1. The molecule has 0 atom stereocenters. The standard InChI is InChI=1S/C18H16F2N2O2S/c1-10(2)24-13-6-4-11(5-7-13)17(23)21-18-22(3)16-14(20)8-12(19)9-15(16)25-18/h4-10H,1-3H3. The molecule has 1 heterocycles. The van der Waals surface area contributed by atoms with Crippen LogP contribution >= 0.6 is 11.3 Å². The Bertz CT molecular complexity index is 1000. The van der Waals surface area contributed by atoms with Crippen LogP contribution in [-0.2, 0) is 7.05 Å². The van der Waals surface area contributed by atoms with Gasteiger partial charge in [-0.05, 0) is 44.2 Å². The van der Waals surface area contributed by atoms with Crippen molar-refractivity contribution in [2.45, 2.75) is 20.0 Å². The lowest BCUT2D eigenvalue weighted by molar-refractivity contribution is 0.0998. The maximum absolute atomic E-state index is 13.9. The van der Waals surface area contributed by atoms with Crippen LogP contribution in [0.4, 0.5) is 8.78 Å². The predicted octanol–water partition coefficient (Wildman–Crippen LogP) is 4.05. The zero-order chi connectivity index (χ0) is 18.1. The largest absolute Gasteiger partial charge is 0.491 e. The van der Waals surface area contributed by atoms with Gasteiger partial charge in [-0.25, -0.2) is 8.78 Å². The summed E-state index contributed by atoms with van der Waals surface area (Å²) in [5.74, 6) is -1.14. The summed E-state index contributed by atoms with van der Waals surface area (Å²) in [4.78, 5) is 16.7. The first-order chi connectivity index (χ1) is 11.8. The minimum atomic E-state index is -0.683. The van der Waals surface area contributed by atoms with Crippen LogP contribution in [0.2, 0.25) is 0 Å². The van der Waals surface area contributed by atoms with E-state index in [-0.39, 0.29) is 11.6 Å². The molecule has 0 radical (unpaired) electrons. The van der Waals surface area contributed by atoms with Crippen molar-refractivity contribution in [3.8, 4) is 5.75 Å². The fourth-order valence-electron chi connectivity index (χ4n) is 2.41. The Morgan fingerprint density at radius 2 is 1.88 bits per heavy atom. The van der Waals surface area contributed by atoms with Crippen LogP contribution < -0.4 is 9.54 Å². The highest BCUT2D eigenvalue weighted by Gasteiger charge is 2.12. The molecule has 0 aliphatic rings. The molecule has 0 saturated heterocycles. The van der Waals surface area contributed by atoms with Gasteiger partial charge in [-0.3, -0.25) is 4.79 Å². The number of thiazole rings is 1. The van der Waals surface area contributed by atoms with Crippen molar-refractivity contribution in [1.82, 2.24) is 4.57 Å².